The Kier molecular flexibility index (Phi) is 12.9. The number of aromatic nitrogens is 1. The first kappa shape index (κ1) is 48.6. The first-order chi connectivity index (χ1) is 33.0. The molecular weight excluding hydrogens is 1010 g/mol. The van der Waals surface area contributed by atoms with Crippen molar-refractivity contribution in [2.24, 2.45) is 20.5 Å². The van der Waals surface area contributed by atoms with Gasteiger partial charge >= 0.3 is 0 Å². The van der Waals surface area contributed by atoms with Gasteiger partial charge in [0.25, 0.3) is 40.5 Å². The van der Waals surface area contributed by atoms with Gasteiger partial charge in [-0.15, -0.1) is 20.5 Å². The van der Waals surface area contributed by atoms with Crippen molar-refractivity contribution in [3.05, 3.63) is 138 Å². The molecule has 0 amide bonds. The summed E-state index contributed by atoms with van der Waals surface area (Å²) in [6.45, 7) is 1.52. The van der Waals surface area contributed by atoms with E-state index < -0.39 is 60.1 Å². The third-order valence-corrected chi connectivity index (χ3v) is 14.9. The van der Waals surface area contributed by atoms with E-state index in [1.54, 1.807) is 12.1 Å². The average molecular weight is 1040 g/mol. The molecule has 70 heavy (non-hydrogen) atoms. The lowest BCUT2D eigenvalue weighted by Gasteiger charge is -2.16. The molecule has 0 aliphatic heterocycles. The summed E-state index contributed by atoms with van der Waals surface area (Å²) in [5.74, 6) is -0.128. The zero-order valence-electron chi connectivity index (χ0n) is 35.3. The standard InChI is InChI=1S/C44H29N9O12S5/c1-24-35(22-45)41(47-28-8-13-31(14-9-28)67(54,55)56)49-42(48-29-10-15-32(16-11-29)68(57,58)59)40(24)51-52-43-36(23-46)39(27-7-6-25-4-2-3-5-26(25)20-27)44(66-43)53-50-30-12-17-33-34(21-30)38(70(63,64)65)19-18-37(33)69(60,61)62/h2-21H,1H3,(H2,47,48,49)(H,54,55,56)(H,57,58,59)(H,60,61,62)(H,63,64,65)/b52-51?,53-50+. The molecule has 6 N–H and O–H groups in total. The highest BCUT2D eigenvalue weighted by Crippen LogP contribution is 2.49. The second-order valence-electron chi connectivity index (χ2n) is 14.8. The third kappa shape index (κ3) is 10.1. The maximum atomic E-state index is 12.3. The smallest absolute Gasteiger partial charge is 0.295 e. The number of azo groups is 2. The maximum absolute atomic E-state index is 12.3. The van der Waals surface area contributed by atoms with Crippen LogP contribution < -0.4 is 10.6 Å². The van der Waals surface area contributed by atoms with Crippen LogP contribution in [0.1, 0.15) is 16.7 Å². The van der Waals surface area contributed by atoms with Crippen molar-refractivity contribution in [3.8, 4) is 23.3 Å². The monoisotopic (exact) mass is 1040 g/mol. The molecule has 0 atom stereocenters. The Balaban J connectivity index is 1.28. The molecule has 26 heteroatoms. The maximum Gasteiger partial charge on any atom is 0.295 e. The van der Waals surface area contributed by atoms with E-state index in [1.165, 1.54) is 43.3 Å². The lowest BCUT2D eigenvalue weighted by atomic mass is 10.00. The topological polar surface area (TPSA) is 351 Å². The highest BCUT2D eigenvalue weighted by molar-refractivity contribution is 7.87. The van der Waals surface area contributed by atoms with Gasteiger partial charge in [-0.3, -0.25) is 18.2 Å². The highest BCUT2D eigenvalue weighted by Gasteiger charge is 2.25. The van der Waals surface area contributed by atoms with E-state index in [0.29, 0.717) is 5.56 Å². The fraction of sp³-hybridized carbons (Fsp3) is 0.0227. The van der Waals surface area contributed by atoms with E-state index in [4.69, 9.17) is 0 Å². The van der Waals surface area contributed by atoms with E-state index >= 15 is 0 Å². The van der Waals surface area contributed by atoms with Crippen molar-refractivity contribution in [1.29, 1.82) is 10.5 Å². The molecule has 352 valence electrons. The zero-order chi connectivity index (χ0) is 50.3. The average Bonchev–Trinajstić information content (AvgIpc) is 3.66. The Morgan fingerprint density at radius 1 is 0.543 bits per heavy atom. The molecular formula is C44H29N9O12S5. The van der Waals surface area contributed by atoms with Gasteiger partial charge in [0, 0.05) is 33.3 Å². The van der Waals surface area contributed by atoms with Crippen molar-refractivity contribution in [1.82, 2.24) is 4.98 Å². The number of nitrogens with zero attached hydrogens (tertiary/aromatic N) is 7. The minimum atomic E-state index is -4.92. The van der Waals surface area contributed by atoms with Gasteiger partial charge in [0.05, 0.1) is 21.0 Å². The Hall–Kier alpha value is -7.89. The van der Waals surface area contributed by atoms with Crippen molar-refractivity contribution >= 4 is 118 Å². The summed E-state index contributed by atoms with van der Waals surface area (Å²) < 4.78 is 135. The summed E-state index contributed by atoms with van der Waals surface area (Å²) in [5, 5.41) is 45.9. The van der Waals surface area contributed by atoms with Gasteiger partial charge in [0.1, 0.15) is 38.2 Å². The Bertz CT molecular complexity index is 4100. The van der Waals surface area contributed by atoms with Gasteiger partial charge in [-0.25, -0.2) is 4.98 Å². The van der Waals surface area contributed by atoms with Crippen molar-refractivity contribution < 1.29 is 51.9 Å². The van der Waals surface area contributed by atoms with Crippen LogP contribution in [0.2, 0.25) is 0 Å². The quantitative estimate of drug-likeness (QED) is 0.0461. The minimum Gasteiger partial charge on any atom is -0.339 e. The number of anilines is 4. The number of nitrogens with one attached hydrogen (secondary N) is 2. The van der Waals surface area contributed by atoms with E-state index in [2.05, 4.69) is 48.2 Å². The van der Waals surface area contributed by atoms with Crippen LogP contribution in [-0.2, 0) is 40.5 Å². The van der Waals surface area contributed by atoms with Gasteiger partial charge in [-0.1, -0.05) is 53.8 Å². The molecule has 0 saturated heterocycles. The molecule has 0 saturated carbocycles. The van der Waals surface area contributed by atoms with E-state index in [0.717, 1.165) is 64.6 Å². The first-order valence-corrected chi connectivity index (χ1v) is 26.2. The van der Waals surface area contributed by atoms with Crippen molar-refractivity contribution in [3.63, 3.8) is 0 Å². The van der Waals surface area contributed by atoms with Crippen LogP contribution in [0, 0.1) is 29.6 Å². The molecule has 0 unspecified atom stereocenters. The Morgan fingerprint density at radius 3 is 1.64 bits per heavy atom. The molecule has 0 radical (unpaired) electrons. The number of rotatable bonds is 13. The first-order valence-electron chi connectivity index (χ1n) is 19.6. The van der Waals surface area contributed by atoms with E-state index in [-0.39, 0.29) is 77.4 Å². The van der Waals surface area contributed by atoms with Crippen LogP contribution in [0.15, 0.2) is 161 Å². The van der Waals surface area contributed by atoms with Crippen LogP contribution in [0.4, 0.5) is 44.4 Å². The van der Waals surface area contributed by atoms with E-state index in [9.17, 15) is 62.4 Å². The Morgan fingerprint density at radius 2 is 1.09 bits per heavy atom. The highest BCUT2D eigenvalue weighted by atomic mass is 32.2. The molecule has 0 aliphatic rings. The van der Waals surface area contributed by atoms with Gasteiger partial charge in [-0.05, 0) is 102 Å². The third-order valence-electron chi connectivity index (χ3n) is 10.4. The molecule has 8 aromatic rings. The molecule has 21 nitrogen and oxygen atoms in total. The molecule has 0 bridgehead atoms. The number of benzene rings is 6. The molecule has 2 heterocycles. The van der Waals surface area contributed by atoms with Gasteiger partial charge in [-0.2, -0.15) is 44.2 Å². The minimum absolute atomic E-state index is 0.0212. The van der Waals surface area contributed by atoms with Crippen LogP contribution in [-0.4, -0.2) is 56.9 Å². The lowest BCUT2D eigenvalue weighted by molar-refractivity contribution is 0.480. The summed E-state index contributed by atoms with van der Waals surface area (Å²) in [4.78, 5) is 2.46. The summed E-state index contributed by atoms with van der Waals surface area (Å²) >= 11 is 0.853. The molecule has 8 rings (SSSR count). The van der Waals surface area contributed by atoms with Crippen LogP contribution in [0.5, 0.6) is 0 Å². The lowest BCUT2D eigenvalue weighted by Crippen LogP contribution is -2.05. The second kappa shape index (κ2) is 18.5. The van der Waals surface area contributed by atoms with Crippen LogP contribution in [0.25, 0.3) is 32.7 Å². The largest absolute Gasteiger partial charge is 0.339 e. The second-order valence-corrected chi connectivity index (χ2v) is 21.4. The molecule has 0 spiro atoms. The number of pyridine rings is 1. The van der Waals surface area contributed by atoms with Gasteiger partial charge < -0.3 is 10.6 Å². The van der Waals surface area contributed by atoms with Crippen molar-refractivity contribution in [2.75, 3.05) is 10.6 Å². The molecule has 6 aromatic carbocycles. The fourth-order valence-electron chi connectivity index (χ4n) is 7.08. The summed E-state index contributed by atoms with van der Waals surface area (Å²) in [6, 6.07) is 31.9. The van der Waals surface area contributed by atoms with Gasteiger partial charge in [0.15, 0.2) is 16.6 Å². The number of fused-ring (bicyclic) bond motifs is 2. The molecule has 0 aliphatic carbocycles. The van der Waals surface area contributed by atoms with Gasteiger partial charge in [0.2, 0.25) is 0 Å². The predicted molar refractivity (Wildman–Crippen MR) is 257 cm³/mol. The van der Waals surface area contributed by atoms with Crippen LogP contribution >= 0.6 is 11.3 Å². The SMILES string of the molecule is Cc1c(C#N)c(Nc2ccc(S(=O)(=O)O)cc2)nc(Nc2ccc(S(=O)(=O)O)cc2)c1N=Nc1sc(/N=N/c2ccc3c(S(=O)(=O)O)ccc(S(=O)(=O)O)c3c2)c(-c2ccc3ccccc3c2)c1C#N. The molecule has 2 aromatic heterocycles. The normalized spacial score (nSPS) is 12.4. The van der Waals surface area contributed by atoms with E-state index in [1.807, 2.05) is 30.3 Å². The number of hydrogen-bond acceptors (Lipinski definition) is 18. The predicted octanol–water partition coefficient (Wildman–Crippen LogP) is 10.5. The number of nitriles is 2. The van der Waals surface area contributed by atoms with Crippen LogP contribution in [0.3, 0.4) is 0 Å². The fourth-order valence-corrected chi connectivity index (χ4v) is 10.3. The number of hydrogen-bond donors (Lipinski definition) is 6. The van der Waals surface area contributed by atoms with Crippen molar-refractivity contribution in [2.45, 2.75) is 26.5 Å². The summed E-state index contributed by atoms with van der Waals surface area (Å²) in [7, 11) is -18.9. The zero-order valence-corrected chi connectivity index (χ0v) is 39.4. The number of thiophene rings is 1. The molecule has 0 fully saturated rings. The Labute approximate surface area is 401 Å². The summed E-state index contributed by atoms with van der Waals surface area (Å²) in [6.07, 6.45) is 0. The summed E-state index contributed by atoms with van der Waals surface area (Å²) in [5.41, 5.74) is 1.21.